The summed E-state index contributed by atoms with van der Waals surface area (Å²) < 4.78 is 4.80. The lowest BCUT2D eigenvalue weighted by Gasteiger charge is -2.16. The minimum Gasteiger partial charge on any atom is -0.466 e. The molecule has 6 heteroatoms. The largest absolute Gasteiger partial charge is 0.466 e. The number of nitrogens with zero attached hydrogens (tertiary/aromatic N) is 1. The van der Waals surface area contributed by atoms with Crippen LogP contribution in [0.2, 0.25) is 10.0 Å². The van der Waals surface area contributed by atoms with E-state index < -0.39 is 0 Å². The third-order valence-electron chi connectivity index (χ3n) is 2.47. The highest BCUT2D eigenvalue weighted by atomic mass is 35.5. The Hall–Kier alpha value is -1.26. The number of hydrogen-bond acceptors (Lipinski definition) is 3. The van der Waals surface area contributed by atoms with E-state index in [1.807, 2.05) is 0 Å². The van der Waals surface area contributed by atoms with Crippen LogP contribution in [0.1, 0.15) is 23.7 Å². The summed E-state index contributed by atoms with van der Waals surface area (Å²) in [5.41, 5.74) is 0.431. The number of amides is 1. The molecule has 0 heterocycles. The monoisotopic (exact) mass is 303 g/mol. The molecule has 1 aromatic rings. The van der Waals surface area contributed by atoms with Crippen LogP contribution in [0, 0.1) is 0 Å². The van der Waals surface area contributed by atoms with Gasteiger partial charge in [-0.3, -0.25) is 9.59 Å². The standard InChI is InChI=1S/C13H15Cl2NO3/c1-3-19-12(17)6-7-16(2)13(18)9-4-5-10(14)11(15)8-9/h4-5,8H,3,6-7H2,1-2H3. The van der Waals surface area contributed by atoms with Crippen molar-refractivity contribution in [2.45, 2.75) is 13.3 Å². The Labute approximate surface area is 122 Å². The van der Waals surface area contributed by atoms with Crippen molar-refractivity contribution in [1.82, 2.24) is 4.90 Å². The van der Waals surface area contributed by atoms with Gasteiger partial charge in [-0.1, -0.05) is 23.2 Å². The first-order valence-electron chi connectivity index (χ1n) is 5.81. The first-order valence-corrected chi connectivity index (χ1v) is 6.57. The summed E-state index contributed by atoms with van der Waals surface area (Å²) in [5.74, 6) is -0.542. The minimum absolute atomic E-state index is 0.164. The fourth-order valence-electron chi connectivity index (χ4n) is 1.44. The molecule has 104 valence electrons. The average molecular weight is 304 g/mol. The number of benzene rings is 1. The second-order valence-corrected chi connectivity index (χ2v) is 4.73. The number of halogens is 2. The van der Waals surface area contributed by atoms with Crippen molar-refractivity contribution in [2.75, 3.05) is 20.2 Å². The van der Waals surface area contributed by atoms with Crippen LogP contribution < -0.4 is 0 Å². The normalized spacial score (nSPS) is 10.1. The van der Waals surface area contributed by atoms with Crippen molar-refractivity contribution < 1.29 is 14.3 Å². The Balaban J connectivity index is 2.61. The molecule has 19 heavy (non-hydrogen) atoms. The van der Waals surface area contributed by atoms with E-state index in [0.717, 1.165) is 0 Å². The summed E-state index contributed by atoms with van der Waals surface area (Å²) in [6.07, 6.45) is 0.164. The third kappa shape index (κ3) is 4.73. The Bertz CT molecular complexity index is 477. The number of carbonyl (C=O) groups is 2. The van der Waals surface area contributed by atoms with Crippen LogP contribution in [-0.2, 0) is 9.53 Å². The topological polar surface area (TPSA) is 46.6 Å². The van der Waals surface area contributed by atoms with Crippen molar-refractivity contribution >= 4 is 35.1 Å². The van der Waals surface area contributed by atoms with Crippen LogP contribution in [0.4, 0.5) is 0 Å². The van der Waals surface area contributed by atoms with Gasteiger partial charge in [-0.15, -0.1) is 0 Å². The van der Waals surface area contributed by atoms with Gasteiger partial charge in [-0.05, 0) is 25.1 Å². The molecule has 0 radical (unpaired) electrons. The summed E-state index contributed by atoms with van der Waals surface area (Å²) in [6, 6.07) is 4.67. The summed E-state index contributed by atoms with van der Waals surface area (Å²) in [4.78, 5) is 24.7. The predicted octanol–water partition coefficient (Wildman–Crippen LogP) is 3.02. The van der Waals surface area contributed by atoms with Gasteiger partial charge in [0.2, 0.25) is 0 Å². The number of rotatable bonds is 5. The Kier molecular flexibility index (Phi) is 6.12. The second kappa shape index (κ2) is 7.36. The molecule has 4 nitrogen and oxygen atoms in total. The number of carbonyl (C=O) groups excluding carboxylic acids is 2. The zero-order valence-electron chi connectivity index (χ0n) is 10.8. The van der Waals surface area contributed by atoms with Crippen LogP contribution in [-0.4, -0.2) is 37.0 Å². The van der Waals surface area contributed by atoms with E-state index in [1.165, 1.54) is 11.0 Å². The Morgan fingerprint density at radius 1 is 1.26 bits per heavy atom. The number of ether oxygens (including phenoxy) is 1. The van der Waals surface area contributed by atoms with Crippen molar-refractivity contribution in [1.29, 1.82) is 0 Å². The highest BCUT2D eigenvalue weighted by molar-refractivity contribution is 6.42. The molecule has 0 saturated carbocycles. The van der Waals surface area contributed by atoms with E-state index in [1.54, 1.807) is 26.1 Å². The maximum Gasteiger partial charge on any atom is 0.307 e. The van der Waals surface area contributed by atoms with Gasteiger partial charge in [0, 0.05) is 19.2 Å². The van der Waals surface area contributed by atoms with Crippen LogP contribution in [0.3, 0.4) is 0 Å². The van der Waals surface area contributed by atoms with Crippen molar-refractivity contribution in [3.8, 4) is 0 Å². The van der Waals surface area contributed by atoms with E-state index in [2.05, 4.69) is 0 Å². The maximum absolute atomic E-state index is 12.1. The van der Waals surface area contributed by atoms with E-state index in [4.69, 9.17) is 27.9 Å². The van der Waals surface area contributed by atoms with Gasteiger partial charge in [0.25, 0.3) is 5.91 Å². The van der Waals surface area contributed by atoms with Gasteiger partial charge in [0.15, 0.2) is 0 Å². The molecule has 0 aromatic heterocycles. The van der Waals surface area contributed by atoms with Gasteiger partial charge in [-0.2, -0.15) is 0 Å². The van der Waals surface area contributed by atoms with Gasteiger partial charge in [0.05, 0.1) is 23.1 Å². The lowest BCUT2D eigenvalue weighted by molar-refractivity contribution is -0.143. The molecule has 0 unspecified atom stereocenters. The molecule has 0 N–H and O–H groups in total. The van der Waals surface area contributed by atoms with Crippen molar-refractivity contribution in [2.24, 2.45) is 0 Å². The molecule has 0 aliphatic carbocycles. The maximum atomic E-state index is 12.1. The molecule has 0 spiro atoms. The van der Waals surface area contributed by atoms with Gasteiger partial charge < -0.3 is 9.64 Å². The summed E-state index contributed by atoms with van der Waals surface area (Å²) in [7, 11) is 1.62. The Morgan fingerprint density at radius 3 is 2.53 bits per heavy atom. The van der Waals surface area contributed by atoms with Crippen LogP contribution in [0.25, 0.3) is 0 Å². The molecular formula is C13H15Cl2NO3. The summed E-state index contributed by atoms with van der Waals surface area (Å²) in [5, 5.41) is 0.721. The fourth-order valence-corrected chi connectivity index (χ4v) is 1.74. The molecule has 1 amide bonds. The van der Waals surface area contributed by atoms with E-state index >= 15 is 0 Å². The molecule has 0 atom stereocenters. The molecule has 0 saturated heterocycles. The van der Waals surface area contributed by atoms with E-state index in [9.17, 15) is 9.59 Å². The summed E-state index contributed by atoms with van der Waals surface area (Å²) >= 11 is 11.6. The molecular weight excluding hydrogens is 289 g/mol. The van der Waals surface area contributed by atoms with Crippen LogP contribution in [0.5, 0.6) is 0 Å². The minimum atomic E-state index is -0.323. The van der Waals surface area contributed by atoms with Gasteiger partial charge >= 0.3 is 5.97 Å². The first kappa shape index (κ1) is 15.8. The van der Waals surface area contributed by atoms with E-state index in [-0.39, 0.29) is 24.8 Å². The van der Waals surface area contributed by atoms with Crippen LogP contribution in [0.15, 0.2) is 18.2 Å². The van der Waals surface area contributed by atoms with Gasteiger partial charge in [-0.25, -0.2) is 0 Å². The summed E-state index contributed by atoms with van der Waals surface area (Å²) in [6.45, 7) is 2.36. The second-order valence-electron chi connectivity index (χ2n) is 3.91. The van der Waals surface area contributed by atoms with Gasteiger partial charge in [0.1, 0.15) is 0 Å². The van der Waals surface area contributed by atoms with Crippen molar-refractivity contribution in [3.63, 3.8) is 0 Å². The molecule has 1 aromatic carbocycles. The SMILES string of the molecule is CCOC(=O)CCN(C)C(=O)c1ccc(Cl)c(Cl)c1. The van der Waals surface area contributed by atoms with E-state index in [0.29, 0.717) is 22.2 Å². The molecule has 0 bridgehead atoms. The molecule has 0 aliphatic heterocycles. The lowest BCUT2D eigenvalue weighted by Crippen LogP contribution is -2.29. The quantitative estimate of drug-likeness (QED) is 0.786. The molecule has 0 aliphatic rings. The zero-order valence-corrected chi connectivity index (χ0v) is 12.3. The smallest absolute Gasteiger partial charge is 0.307 e. The number of esters is 1. The highest BCUT2D eigenvalue weighted by Gasteiger charge is 2.14. The zero-order chi connectivity index (χ0) is 14.4. The molecule has 1 rings (SSSR count). The van der Waals surface area contributed by atoms with Crippen LogP contribution >= 0.6 is 23.2 Å². The average Bonchev–Trinajstić information content (AvgIpc) is 2.38. The highest BCUT2D eigenvalue weighted by Crippen LogP contribution is 2.23. The Morgan fingerprint density at radius 2 is 1.95 bits per heavy atom. The first-order chi connectivity index (χ1) is 8.95. The van der Waals surface area contributed by atoms with Crippen molar-refractivity contribution in [3.05, 3.63) is 33.8 Å². The lowest BCUT2D eigenvalue weighted by atomic mass is 10.2. The fraction of sp³-hybridized carbons (Fsp3) is 0.385. The third-order valence-corrected chi connectivity index (χ3v) is 3.21. The molecule has 0 fully saturated rings. The number of hydrogen-bond donors (Lipinski definition) is 0. The predicted molar refractivity (Wildman–Crippen MR) is 74.7 cm³/mol.